The first-order chi connectivity index (χ1) is 12.7. The number of carbonyl (C=O) groups excluding carboxylic acids is 3. The van der Waals surface area contributed by atoms with E-state index in [1.165, 1.54) is 26.0 Å². The van der Waals surface area contributed by atoms with E-state index in [-0.39, 0.29) is 34.3 Å². The Morgan fingerprint density at radius 3 is 2.30 bits per heavy atom. The van der Waals surface area contributed by atoms with Gasteiger partial charge in [0.25, 0.3) is 0 Å². The summed E-state index contributed by atoms with van der Waals surface area (Å²) in [5.41, 5.74) is -0.248. The van der Waals surface area contributed by atoms with Crippen LogP contribution in [0.3, 0.4) is 0 Å². The number of Topliss-reactive ketones (excluding diaryl/α,β-unsaturated/α-hetero) is 1. The number of amides is 1. The van der Waals surface area contributed by atoms with Crippen LogP contribution < -0.4 is 5.32 Å². The predicted octanol–water partition coefficient (Wildman–Crippen LogP) is 2.38. The molecule has 0 saturated heterocycles. The quantitative estimate of drug-likeness (QED) is 0.566. The maximum Gasteiger partial charge on any atom is 0.344 e. The Labute approximate surface area is 156 Å². The molecular formula is C18H19NO7S. The minimum atomic E-state index is -3.88. The van der Waals surface area contributed by atoms with Gasteiger partial charge < -0.3 is 9.15 Å². The van der Waals surface area contributed by atoms with Crippen LogP contribution in [0.1, 0.15) is 40.3 Å². The summed E-state index contributed by atoms with van der Waals surface area (Å²) in [7, 11) is -3.88. The second-order valence-electron chi connectivity index (χ2n) is 5.63. The van der Waals surface area contributed by atoms with Crippen molar-refractivity contribution in [2.45, 2.75) is 25.7 Å². The van der Waals surface area contributed by atoms with E-state index in [0.717, 1.165) is 0 Å². The Kier molecular flexibility index (Phi) is 6.17. The summed E-state index contributed by atoms with van der Waals surface area (Å²) >= 11 is 0. The molecule has 0 bridgehead atoms. The normalized spacial score (nSPS) is 11.1. The molecule has 9 heteroatoms. The van der Waals surface area contributed by atoms with Crippen molar-refractivity contribution >= 4 is 33.4 Å². The molecule has 0 saturated carbocycles. The van der Waals surface area contributed by atoms with Gasteiger partial charge in [0.1, 0.15) is 17.1 Å². The van der Waals surface area contributed by atoms with Crippen molar-refractivity contribution in [1.29, 1.82) is 0 Å². The molecular weight excluding hydrogens is 374 g/mol. The van der Waals surface area contributed by atoms with E-state index < -0.39 is 33.2 Å². The van der Waals surface area contributed by atoms with Crippen LogP contribution in [-0.4, -0.2) is 38.4 Å². The number of carbonyl (C=O) groups is 3. The van der Waals surface area contributed by atoms with Crippen molar-refractivity contribution in [3.8, 4) is 0 Å². The molecule has 0 fully saturated rings. The fraction of sp³-hybridized carbons (Fsp3) is 0.278. The van der Waals surface area contributed by atoms with Crippen molar-refractivity contribution in [2.24, 2.45) is 0 Å². The first kappa shape index (κ1) is 20.4. The van der Waals surface area contributed by atoms with E-state index in [2.05, 4.69) is 5.32 Å². The van der Waals surface area contributed by atoms with Gasteiger partial charge in [-0.1, -0.05) is 18.2 Å². The van der Waals surface area contributed by atoms with Crippen LogP contribution in [0.2, 0.25) is 0 Å². The zero-order valence-corrected chi connectivity index (χ0v) is 15.9. The van der Waals surface area contributed by atoms with E-state index in [1.54, 1.807) is 25.1 Å². The van der Waals surface area contributed by atoms with Gasteiger partial charge in [0.2, 0.25) is 11.8 Å². The lowest BCUT2D eigenvalue weighted by atomic mass is 10.1. The second-order valence-corrected chi connectivity index (χ2v) is 7.62. The number of ether oxygens (including phenoxy) is 1. The van der Waals surface area contributed by atoms with Crippen LogP contribution in [0, 0.1) is 6.92 Å². The minimum absolute atomic E-state index is 0.00850. The molecule has 0 unspecified atom stereocenters. The molecule has 0 radical (unpaired) electrons. The third-order valence-corrected chi connectivity index (χ3v) is 5.22. The highest BCUT2D eigenvalue weighted by Gasteiger charge is 2.29. The average molecular weight is 393 g/mol. The fourth-order valence-electron chi connectivity index (χ4n) is 2.50. The number of anilines is 1. The number of benzene rings is 1. The predicted molar refractivity (Wildman–Crippen MR) is 96.5 cm³/mol. The molecule has 2 aromatic rings. The first-order valence-corrected chi connectivity index (χ1v) is 9.71. The van der Waals surface area contributed by atoms with Gasteiger partial charge in [-0.15, -0.1) is 0 Å². The van der Waals surface area contributed by atoms with Gasteiger partial charge in [0, 0.05) is 0 Å². The molecule has 1 aromatic heterocycles. The standard InChI is InChI=1S/C18H19NO7S/c1-4-25-18(22)16-15(11(2)20)12(3)26-17(16)19-14(21)10-27(23,24)13-8-6-5-7-9-13/h5-9H,4,10H2,1-3H3,(H,19,21). The number of furan rings is 1. The van der Waals surface area contributed by atoms with Gasteiger partial charge in [0.15, 0.2) is 15.6 Å². The van der Waals surface area contributed by atoms with Crippen molar-refractivity contribution in [3.05, 3.63) is 47.2 Å². The highest BCUT2D eigenvalue weighted by Crippen LogP contribution is 2.28. The monoisotopic (exact) mass is 393 g/mol. The number of esters is 1. The third kappa shape index (κ3) is 4.62. The second kappa shape index (κ2) is 8.17. The first-order valence-electron chi connectivity index (χ1n) is 8.06. The Balaban J connectivity index is 2.31. The van der Waals surface area contributed by atoms with E-state index in [1.807, 2.05) is 0 Å². The maximum atomic E-state index is 12.3. The molecule has 0 spiro atoms. The number of rotatable bonds is 7. The zero-order chi connectivity index (χ0) is 20.2. The highest BCUT2D eigenvalue weighted by atomic mass is 32.2. The third-order valence-electron chi connectivity index (χ3n) is 3.59. The Bertz CT molecular complexity index is 975. The molecule has 0 aliphatic heterocycles. The smallest absolute Gasteiger partial charge is 0.344 e. The van der Waals surface area contributed by atoms with E-state index in [4.69, 9.17) is 9.15 Å². The lowest BCUT2D eigenvalue weighted by Crippen LogP contribution is -2.24. The summed E-state index contributed by atoms with van der Waals surface area (Å²) in [6.45, 7) is 4.33. The molecule has 0 aliphatic carbocycles. The topological polar surface area (TPSA) is 120 Å². The zero-order valence-electron chi connectivity index (χ0n) is 15.1. The van der Waals surface area contributed by atoms with Crippen molar-refractivity contribution < 1.29 is 32.0 Å². The molecule has 1 amide bonds. The maximum absolute atomic E-state index is 12.3. The number of sulfone groups is 1. The highest BCUT2D eigenvalue weighted by molar-refractivity contribution is 7.92. The molecule has 144 valence electrons. The molecule has 0 aliphatic rings. The Morgan fingerprint density at radius 2 is 1.74 bits per heavy atom. The van der Waals surface area contributed by atoms with Gasteiger partial charge in [-0.3, -0.25) is 14.9 Å². The van der Waals surface area contributed by atoms with E-state index >= 15 is 0 Å². The van der Waals surface area contributed by atoms with Gasteiger partial charge in [0.05, 0.1) is 17.1 Å². The Hall–Kier alpha value is -2.94. The lowest BCUT2D eigenvalue weighted by molar-refractivity contribution is -0.114. The summed E-state index contributed by atoms with van der Waals surface area (Å²) < 4.78 is 34.8. The largest absolute Gasteiger partial charge is 0.462 e. The van der Waals surface area contributed by atoms with Crippen LogP contribution in [0.4, 0.5) is 5.88 Å². The summed E-state index contributed by atoms with van der Waals surface area (Å²) in [5.74, 6) is -3.25. The number of ketones is 1. The average Bonchev–Trinajstić information content (AvgIpc) is 2.91. The SMILES string of the molecule is CCOC(=O)c1c(NC(=O)CS(=O)(=O)c2ccccc2)oc(C)c1C(C)=O. The molecule has 27 heavy (non-hydrogen) atoms. The minimum Gasteiger partial charge on any atom is -0.462 e. The summed E-state index contributed by atoms with van der Waals surface area (Å²) in [6, 6.07) is 7.48. The Morgan fingerprint density at radius 1 is 1.11 bits per heavy atom. The van der Waals surface area contributed by atoms with Crippen LogP contribution in [0.15, 0.2) is 39.6 Å². The molecule has 1 heterocycles. The molecule has 1 N–H and O–H groups in total. The molecule has 8 nitrogen and oxygen atoms in total. The summed E-state index contributed by atoms with van der Waals surface area (Å²) in [4.78, 5) is 36.2. The van der Waals surface area contributed by atoms with E-state index in [9.17, 15) is 22.8 Å². The van der Waals surface area contributed by atoms with Crippen molar-refractivity contribution in [2.75, 3.05) is 17.7 Å². The molecule has 0 atom stereocenters. The summed E-state index contributed by atoms with van der Waals surface area (Å²) in [5, 5.41) is 2.25. The lowest BCUT2D eigenvalue weighted by Gasteiger charge is -2.07. The van der Waals surface area contributed by atoms with Gasteiger partial charge >= 0.3 is 5.97 Å². The number of hydrogen-bond acceptors (Lipinski definition) is 7. The molecule has 2 rings (SSSR count). The number of hydrogen-bond donors (Lipinski definition) is 1. The fourth-order valence-corrected chi connectivity index (χ4v) is 3.66. The van der Waals surface area contributed by atoms with Gasteiger partial charge in [-0.25, -0.2) is 13.2 Å². The van der Waals surface area contributed by atoms with Crippen LogP contribution in [-0.2, 0) is 19.4 Å². The van der Waals surface area contributed by atoms with Crippen LogP contribution in [0.5, 0.6) is 0 Å². The van der Waals surface area contributed by atoms with Crippen LogP contribution >= 0.6 is 0 Å². The summed E-state index contributed by atoms with van der Waals surface area (Å²) in [6.07, 6.45) is 0. The molecule has 1 aromatic carbocycles. The number of aryl methyl sites for hydroxylation is 1. The van der Waals surface area contributed by atoms with Crippen molar-refractivity contribution in [1.82, 2.24) is 0 Å². The van der Waals surface area contributed by atoms with E-state index in [0.29, 0.717) is 0 Å². The van der Waals surface area contributed by atoms with Crippen molar-refractivity contribution in [3.63, 3.8) is 0 Å². The number of nitrogens with one attached hydrogen (secondary N) is 1. The van der Waals surface area contributed by atoms with Crippen LogP contribution in [0.25, 0.3) is 0 Å². The van der Waals surface area contributed by atoms with Gasteiger partial charge in [-0.2, -0.15) is 0 Å². The van der Waals surface area contributed by atoms with Gasteiger partial charge in [-0.05, 0) is 32.9 Å².